The summed E-state index contributed by atoms with van der Waals surface area (Å²) in [6.45, 7) is 1.29. The largest absolute Gasteiger partial charge is 0.392 e. The van der Waals surface area contributed by atoms with Gasteiger partial charge in [-0.15, -0.1) is 0 Å². The van der Waals surface area contributed by atoms with Crippen molar-refractivity contribution in [2.45, 2.75) is 44.3 Å². The van der Waals surface area contributed by atoms with E-state index in [-0.39, 0.29) is 18.3 Å². The highest BCUT2D eigenvalue weighted by atomic mass is 19.1. The maximum atomic E-state index is 14.1. The zero-order valence-corrected chi connectivity index (χ0v) is 11.7. The Morgan fingerprint density at radius 3 is 2.90 bits per heavy atom. The highest BCUT2D eigenvalue weighted by Gasteiger charge is 2.43. The molecule has 2 atom stereocenters. The molecule has 2 N–H and O–H groups in total. The summed E-state index contributed by atoms with van der Waals surface area (Å²) < 4.78 is 14.1. The van der Waals surface area contributed by atoms with E-state index in [1.54, 1.807) is 12.1 Å². The number of halogens is 1. The van der Waals surface area contributed by atoms with Gasteiger partial charge in [0.25, 0.3) is 0 Å². The summed E-state index contributed by atoms with van der Waals surface area (Å²) in [5.74, 6) is -0.0280. The maximum absolute atomic E-state index is 14.1. The van der Waals surface area contributed by atoms with Gasteiger partial charge >= 0.3 is 0 Å². The number of hydrogen-bond donors (Lipinski definition) is 2. The third kappa shape index (κ3) is 2.42. The lowest BCUT2D eigenvalue weighted by molar-refractivity contribution is -0.0613. The molecular formula is C16H22FNO2. The second kappa shape index (κ2) is 5.34. The summed E-state index contributed by atoms with van der Waals surface area (Å²) in [6.07, 6.45) is 4.90. The van der Waals surface area contributed by atoms with Gasteiger partial charge in [0.2, 0.25) is 0 Å². The predicted molar refractivity (Wildman–Crippen MR) is 76.1 cm³/mol. The minimum absolute atomic E-state index is 0.139. The Morgan fingerprint density at radius 2 is 2.15 bits per heavy atom. The van der Waals surface area contributed by atoms with Gasteiger partial charge in [0, 0.05) is 19.0 Å². The number of hydrogen-bond acceptors (Lipinski definition) is 3. The zero-order valence-electron chi connectivity index (χ0n) is 11.7. The topological polar surface area (TPSA) is 43.7 Å². The highest BCUT2D eigenvalue weighted by molar-refractivity contribution is 5.50. The van der Waals surface area contributed by atoms with Crippen LogP contribution in [0.5, 0.6) is 0 Å². The second-order valence-corrected chi connectivity index (χ2v) is 6.19. The molecule has 4 heteroatoms. The first-order valence-corrected chi connectivity index (χ1v) is 7.49. The minimum atomic E-state index is -0.531. The Hall–Kier alpha value is -1.13. The van der Waals surface area contributed by atoms with Crippen LogP contribution >= 0.6 is 0 Å². The number of aliphatic hydroxyl groups excluding tert-OH is 1. The van der Waals surface area contributed by atoms with Crippen LogP contribution in [0, 0.1) is 11.7 Å². The number of fused-ring (bicyclic) bond motifs is 1. The molecule has 0 bridgehead atoms. The van der Waals surface area contributed by atoms with Crippen LogP contribution in [0.15, 0.2) is 18.2 Å². The summed E-state index contributed by atoms with van der Waals surface area (Å²) in [5, 5.41) is 19.7. The second-order valence-electron chi connectivity index (χ2n) is 6.19. The Bertz CT molecular complexity index is 493. The SMILES string of the molecule is OCc1ccc(N2CCC3(O)CCCCC3C2)c(F)c1. The molecule has 2 fully saturated rings. The van der Waals surface area contributed by atoms with Gasteiger partial charge < -0.3 is 15.1 Å². The van der Waals surface area contributed by atoms with Crippen molar-refractivity contribution in [2.75, 3.05) is 18.0 Å². The van der Waals surface area contributed by atoms with Crippen molar-refractivity contribution in [1.82, 2.24) is 0 Å². The Balaban J connectivity index is 1.79. The molecule has 1 aromatic rings. The molecule has 0 spiro atoms. The molecule has 3 rings (SSSR count). The molecule has 20 heavy (non-hydrogen) atoms. The van der Waals surface area contributed by atoms with Crippen LogP contribution in [-0.2, 0) is 6.61 Å². The van der Waals surface area contributed by atoms with Gasteiger partial charge in [0.15, 0.2) is 0 Å². The van der Waals surface area contributed by atoms with Gasteiger partial charge in [-0.1, -0.05) is 18.9 Å². The molecule has 2 unspecified atom stereocenters. The standard InChI is InChI=1S/C16H22FNO2/c17-14-9-12(11-19)4-5-15(14)18-8-7-16(20)6-2-1-3-13(16)10-18/h4-5,9,13,19-20H,1-3,6-8,10-11H2. The van der Waals surface area contributed by atoms with Gasteiger partial charge in [0.05, 0.1) is 17.9 Å². The molecule has 0 radical (unpaired) electrons. The summed E-state index contributed by atoms with van der Waals surface area (Å²) in [5.41, 5.74) is 0.656. The van der Waals surface area contributed by atoms with Crippen molar-refractivity contribution < 1.29 is 14.6 Å². The average molecular weight is 279 g/mol. The van der Waals surface area contributed by atoms with Crippen LogP contribution in [0.3, 0.4) is 0 Å². The monoisotopic (exact) mass is 279 g/mol. The van der Waals surface area contributed by atoms with E-state index >= 15 is 0 Å². The first-order chi connectivity index (χ1) is 9.62. The Labute approximate surface area is 119 Å². The van der Waals surface area contributed by atoms with Crippen molar-refractivity contribution >= 4 is 5.69 Å². The molecule has 2 aliphatic rings. The summed E-state index contributed by atoms with van der Waals surface area (Å²) in [7, 11) is 0. The van der Waals surface area contributed by atoms with Crippen molar-refractivity contribution in [3.05, 3.63) is 29.6 Å². The fourth-order valence-electron chi connectivity index (χ4n) is 3.69. The van der Waals surface area contributed by atoms with Crippen molar-refractivity contribution in [2.24, 2.45) is 5.92 Å². The van der Waals surface area contributed by atoms with Gasteiger partial charge in [-0.2, -0.15) is 0 Å². The molecule has 0 amide bonds. The number of nitrogens with zero attached hydrogens (tertiary/aromatic N) is 1. The van der Waals surface area contributed by atoms with Gasteiger partial charge in [-0.3, -0.25) is 0 Å². The fraction of sp³-hybridized carbons (Fsp3) is 0.625. The fourth-order valence-corrected chi connectivity index (χ4v) is 3.69. The molecule has 1 aliphatic heterocycles. The smallest absolute Gasteiger partial charge is 0.146 e. The number of aliphatic hydroxyl groups is 2. The number of piperidine rings is 1. The van der Waals surface area contributed by atoms with E-state index in [4.69, 9.17) is 5.11 Å². The lowest BCUT2D eigenvalue weighted by atomic mass is 9.71. The molecule has 1 saturated carbocycles. The Morgan fingerprint density at radius 1 is 1.30 bits per heavy atom. The summed E-state index contributed by atoms with van der Waals surface area (Å²) in [6, 6.07) is 4.91. The van der Waals surface area contributed by atoms with E-state index in [2.05, 4.69) is 0 Å². The van der Waals surface area contributed by atoms with Crippen LogP contribution in [0.1, 0.15) is 37.7 Å². The number of benzene rings is 1. The maximum Gasteiger partial charge on any atom is 0.146 e. The van der Waals surface area contributed by atoms with Crippen LogP contribution in [0.2, 0.25) is 0 Å². The van der Waals surface area contributed by atoms with Crippen molar-refractivity contribution in [3.8, 4) is 0 Å². The van der Waals surface area contributed by atoms with E-state index in [0.717, 1.165) is 38.6 Å². The quantitative estimate of drug-likeness (QED) is 0.874. The van der Waals surface area contributed by atoms with Gasteiger partial charge in [-0.05, 0) is 37.0 Å². The highest BCUT2D eigenvalue weighted by Crippen LogP contribution is 2.41. The molecule has 110 valence electrons. The molecule has 1 aliphatic carbocycles. The van der Waals surface area contributed by atoms with Gasteiger partial charge in [-0.25, -0.2) is 4.39 Å². The molecule has 0 aromatic heterocycles. The molecule has 1 saturated heterocycles. The van der Waals surface area contributed by atoms with Crippen LogP contribution < -0.4 is 4.90 Å². The van der Waals surface area contributed by atoms with Crippen LogP contribution in [-0.4, -0.2) is 28.9 Å². The van der Waals surface area contributed by atoms with Crippen LogP contribution in [0.4, 0.5) is 10.1 Å². The average Bonchev–Trinajstić information content (AvgIpc) is 2.46. The molecular weight excluding hydrogens is 257 g/mol. The van der Waals surface area contributed by atoms with E-state index in [1.807, 2.05) is 4.90 Å². The lowest BCUT2D eigenvalue weighted by Crippen LogP contribution is -2.53. The minimum Gasteiger partial charge on any atom is -0.392 e. The van der Waals surface area contributed by atoms with E-state index in [9.17, 15) is 9.50 Å². The number of anilines is 1. The molecule has 1 aromatic carbocycles. The zero-order chi connectivity index (χ0) is 14.2. The third-order valence-electron chi connectivity index (χ3n) is 4.96. The molecule has 3 nitrogen and oxygen atoms in total. The van der Waals surface area contributed by atoms with E-state index < -0.39 is 5.60 Å². The van der Waals surface area contributed by atoms with E-state index in [1.165, 1.54) is 6.07 Å². The Kier molecular flexibility index (Phi) is 3.69. The molecule has 1 heterocycles. The summed E-state index contributed by atoms with van der Waals surface area (Å²) in [4.78, 5) is 2.04. The lowest BCUT2D eigenvalue weighted by Gasteiger charge is -2.48. The van der Waals surface area contributed by atoms with Crippen molar-refractivity contribution in [3.63, 3.8) is 0 Å². The number of rotatable bonds is 2. The van der Waals surface area contributed by atoms with Crippen molar-refractivity contribution in [1.29, 1.82) is 0 Å². The first kappa shape index (κ1) is 13.8. The van der Waals surface area contributed by atoms with Gasteiger partial charge in [0.1, 0.15) is 5.82 Å². The van der Waals surface area contributed by atoms with Crippen LogP contribution in [0.25, 0.3) is 0 Å². The normalized spacial score (nSPS) is 30.1. The third-order valence-corrected chi connectivity index (χ3v) is 4.96. The first-order valence-electron chi connectivity index (χ1n) is 7.49. The summed E-state index contributed by atoms with van der Waals surface area (Å²) >= 11 is 0. The van der Waals surface area contributed by atoms with E-state index in [0.29, 0.717) is 17.8 Å². The predicted octanol–water partition coefficient (Wildman–Crippen LogP) is 2.45.